The summed E-state index contributed by atoms with van der Waals surface area (Å²) in [5.74, 6) is -0.242. The maximum atomic E-state index is 10.4. The number of carbonyl (C=O) groups is 1. The lowest BCUT2D eigenvalue weighted by Crippen LogP contribution is -2.06. The van der Waals surface area contributed by atoms with Crippen LogP contribution < -0.4 is 0 Å². The van der Waals surface area contributed by atoms with Crippen molar-refractivity contribution < 1.29 is 14.3 Å². The van der Waals surface area contributed by atoms with E-state index in [9.17, 15) is 4.79 Å². The third kappa shape index (κ3) is 1.68. The summed E-state index contributed by atoms with van der Waals surface area (Å²) in [6.07, 6.45) is 1.53. The van der Waals surface area contributed by atoms with Crippen molar-refractivity contribution in [1.82, 2.24) is 0 Å². The molecule has 0 N–H and O–H groups in total. The van der Waals surface area contributed by atoms with E-state index >= 15 is 0 Å². The second kappa shape index (κ2) is 2.82. The molecular formula is C6H10O3. The second-order valence-corrected chi connectivity index (χ2v) is 2.02. The predicted octanol–water partition coefficient (Wildman–Crippen LogP) is 0.686. The van der Waals surface area contributed by atoms with Crippen molar-refractivity contribution in [2.45, 2.75) is 26.1 Å². The highest BCUT2D eigenvalue weighted by molar-refractivity contribution is 5.72. The normalized spacial score (nSPS) is 26.3. The van der Waals surface area contributed by atoms with Gasteiger partial charge in [0.05, 0.1) is 0 Å². The van der Waals surface area contributed by atoms with Gasteiger partial charge in [0.25, 0.3) is 0 Å². The van der Waals surface area contributed by atoms with Crippen LogP contribution >= 0.6 is 0 Å². The van der Waals surface area contributed by atoms with E-state index in [1.807, 2.05) is 6.92 Å². The summed E-state index contributed by atoms with van der Waals surface area (Å²) < 4.78 is 9.67. The summed E-state index contributed by atoms with van der Waals surface area (Å²) in [7, 11) is 0. The van der Waals surface area contributed by atoms with Gasteiger partial charge in [0.2, 0.25) is 6.29 Å². The van der Waals surface area contributed by atoms with Gasteiger partial charge in [-0.15, -0.1) is 0 Å². The van der Waals surface area contributed by atoms with Gasteiger partial charge in [0.15, 0.2) is 0 Å². The summed E-state index contributed by atoms with van der Waals surface area (Å²) >= 11 is 0. The van der Waals surface area contributed by atoms with Gasteiger partial charge in [-0.3, -0.25) is 0 Å². The lowest BCUT2D eigenvalue weighted by atomic mass is 10.3. The highest BCUT2D eigenvalue weighted by atomic mass is 16.7. The van der Waals surface area contributed by atoms with Gasteiger partial charge in [0.1, 0.15) is 6.61 Å². The number of hydrogen-bond acceptors (Lipinski definition) is 3. The molecule has 0 aromatic heterocycles. The van der Waals surface area contributed by atoms with Gasteiger partial charge in [0, 0.05) is 6.42 Å². The molecule has 3 heteroatoms. The molecule has 0 amide bonds. The fraction of sp³-hybridized carbons (Fsp3) is 0.833. The van der Waals surface area contributed by atoms with Gasteiger partial charge in [-0.1, -0.05) is 13.3 Å². The van der Waals surface area contributed by atoms with Gasteiger partial charge in [-0.05, 0) is 0 Å². The van der Waals surface area contributed by atoms with Crippen molar-refractivity contribution in [1.29, 1.82) is 0 Å². The molecule has 3 nitrogen and oxygen atoms in total. The molecule has 1 aliphatic heterocycles. The van der Waals surface area contributed by atoms with Crippen LogP contribution in [0.5, 0.6) is 0 Å². The quantitative estimate of drug-likeness (QED) is 0.516. The SMILES string of the molecule is CCCC1OCC(=O)O1. The fourth-order valence-corrected chi connectivity index (χ4v) is 0.754. The lowest BCUT2D eigenvalue weighted by Gasteiger charge is -2.03. The van der Waals surface area contributed by atoms with Crippen molar-refractivity contribution in [2.75, 3.05) is 6.61 Å². The Bertz CT molecular complexity index is 111. The standard InChI is InChI=1S/C6H10O3/c1-2-3-6-8-4-5(7)9-6/h6H,2-4H2,1H3. The van der Waals surface area contributed by atoms with Gasteiger partial charge >= 0.3 is 5.97 Å². The third-order valence-electron chi connectivity index (χ3n) is 1.17. The molecule has 1 rings (SSSR count). The molecule has 1 saturated heterocycles. The van der Waals surface area contributed by atoms with Crippen LogP contribution in [0.15, 0.2) is 0 Å². The van der Waals surface area contributed by atoms with Crippen LogP contribution in [0.1, 0.15) is 19.8 Å². The molecule has 0 spiro atoms. The number of rotatable bonds is 2. The van der Waals surface area contributed by atoms with Crippen LogP contribution in [0, 0.1) is 0 Å². The Hall–Kier alpha value is -0.570. The van der Waals surface area contributed by atoms with Crippen LogP contribution in [0.3, 0.4) is 0 Å². The van der Waals surface area contributed by atoms with Gasteiger partial charge in [-0.2, -0.15) is 0 Å². The van der Waals surface area contributed by atoms with Crippen molar-refractivity contribution in [3.8, 4) is 0 Å². The zero-order valence-corrected chi connectivity index (χ0v) is 5.42. The first-order valence-corrected chi connectivity index (χ1v) is 3.14. The molecule has 1 fully saturated rings. The topological polar surface area (TPSA) is 35.5 Å². The first-order chi connectivity index (χ1) is 4.33. The van der Waals surface area contributed by atoms with Crippen molar-refractivity contribution in [3.63, 3.8) is 0 Å². The predicted molar refractivity (Wildman–Crippen MR) is 30.7 cm³/mol. The summed E-state index contributed by atoms with van der Waals surface area (Å²) in [6.45, 7) is 2.15. The van der Waals surface area contributed by atoms with Crippen LogP contribution in [0.2, 0.25) is 0 Å². The van der Waals surface area contributed by atoms with E-state index < -0.39 is 0 Å². The molecule has 52 valence electrons. The molecule has 1 aliphatic rings. The first kappa shape index (κ1) is 6.55. The zero-order chi connectivity index (χ0) is 6.69. The van der Waals surface area contributed by atoms with Crippen molar-refractivity contribution >= 4 is 5.97 Å². The summed E-state index contributed by atoms with van der Waals surface area (Å²) in [6, 6.07) is 0. The Morgan fingerprint density at radius 1 is 1.78 bits per heavy atom. The largest absolute Gasteiger partial charge is 0.434 e. The van der Waals surface area contributed by atoms with Gasteiger partial charge < -0.3 is 9.47 Å². The van der Waals surface area contributed by atoms with Crippen LogP contribution in [-0.4, -0.2) is 18.9 Å². The minimum Gasteiger partial charge on any atom is -0.434 e. The van der Waals surface area contributed by atoms with E-state index in [1.54, 1.807) is 0 Å². The number of esters is 1. The average molecular weight is 130 g/mol. The maximum Gasteiger partial charge on any atom is 0.334 e. The Morgan fingerprint density at radius 3 is 3.00 bits per heavy atom. The monoisotopic (exact) mass is 130 g/mol. The Balaban J connectivity index is 2.22. The van der Waals surface area contributed by atoms with E-state index in [4.69, 9.17) is 9.47 Å². The number of carbonyl (C=O) groups excluding carboxylic acids is 1. The second-order valence-electron chi connectivity index (χ2n) is 2.02. The third-order valence-corrected chi connectivity index (χ3v) is 1.17. The number of hydrogen-bond donors (Lipinski definition) is 0. The minimum atomic E-state index is -0.262. The molecule has 1 unspecified atom stereocenters. The highest BCUT2D eigenvalue weighted by Crippen LogP contribution is 2.10. The van der Waals surface area contributed by atoms with Gasteiger partial charge in [-0.25, -0.2) is 4.79 Å². The van der Waals surface area contributed by atoms with Crippen molar-refractivity contribution in [3.05, 3.63) is 0 Å². The molecule has 0 aromatic carbocycles. The van der Waals surface area contributed by atoms with Crippen molar-refractivity contribution in [2.24, 2.45) is 0 Å². The molecule has 9 heavy (non-hydrogen) atoms. The van der Waals surface area contributed by atoms with E-state index in [0.717, 1.165) is 12.8 Å². The smallest absolute Gasteiger partial charge is 0.334 e. The van der Waals surface area contributed by atoms with Crippen LogP contribution in [0.4, 0.5) is 0 Å². The minimum absolute atomic E-state index is 0.130. The number of cyclic esters (lactones) is 1. The summed E-state index contributed by atoms with van der Waals surface area (Å²) in [5, 5.41) is 0. The van der Waals surface area contributed by atoms with E-state index in [0.29, 0.717) is 0 Å². The van der Waals surface area contributed by atoms with E-state index in [2.05, 4.69) is 0 Å². The van der Waals surface area contributed by atoms with Crippen LogP contribution in [-0.2, 0) is 14.3 Å². The molecule has 0 radical (unpaired) electrons. The molecule has 0 saturated carbocycles. The summed E-state index contributed by atoms with van der Waals surface area (Å²) in [5.41, 5.74) is 0. The summed E-state index contributed by atoms with van der Waals surface area (Å²) in [4.78, 5) is 10.4. The molecular weight excluding hydrogens is 120 g/mol. The Kier molecular flexibility index (Phi) is 2.05. The van der Waals surface area contributed by atoms with Crippen LogP contribution in [0.25, 0.3) is 0 Å². The highest BCUT2D eigenvalue weighted by Gasteiger charge is 2.22. The average Bonchev–Trinajstić information content (AvgIpc) is 2.17. The molecule has 0 aliphatic carbocycles. The maximum absolute atomic E-state index is 10.4. The van der Waals surface area contributed by atoms with E-state index in [1.165, 1.54) is 0 Å². The first-order valence-electron chi connectivity index (χ1n) is 3.14. The fourth-order valence-electron chi connectivity index (χ4n) is 0.754. The molecule has 0 aromatic rings. The van der Waals surface area contributed by atoms with E-state index in [-0.39, 0.29) is 18.9 Å². The zero-order valence-electron chi connectivity index (χ0n) is 5.42. The number of ether oxygens (including phenoxy) is 2. The molecule has 1 atom stereocenters. The Morgan fingerprint density at radius 2 is 2.56 bits per heavy atom. The lowest BCUT2D eigenvalue weighted by molar-refractivity contribution is -0.143. The molecule has 1 heterocycles. The Labute approximate surface area is 53.9 Å². The molecule has 0 bridgehead atoms.